The van der Waals surface area contributed by atoms with Gasteiger partial charge in [-0.15, -0.1) is 0 Å². The van der Waals surface area contributed by atoms with Crippen LogP contribution >= 0.6 is 0 Å². The maximum atomic E-state index is 11.6. The second kappa shape index (κ2) is 9.82. The summed E-state index contributed by atoms with van der Waals surface area (Å²) in [7, 11) is 1.57. The molecule has 0 fully saturated rings. The van der Waals surface area contributed by atoms with Crippen molar-refractivity contribution < 1.29 is 24.2 Å². The Morgan fingerprint density at radius 1 is 1.09 bits per heavy atom. The lowest BCUT2D eigenvalue weighted by molar-refractivity contribution is -0.137. The third-order valence-corrected chi connectivity index (χ3v) is 3.36. The van der Waals surface area contributed by atoms with Gasteiger partial charge in [-0.1, -0.05) is 19.3 Å². The highest BCUT2D eigenvalue weighted by atomic mass is 16.5. The van der Waals surface area contributed by atoms with E-state index in [-0.39, 0.29) is 12.2 Å². The molecule has 0 heterocycles. The minimum absolute atomic E-state index is 0.0358. The lowest BCUT2D eigenvalue weighted by Gasteiger charge is -2.11. The topological polar surface area (TPSA) is 72.8 Å². The van der Waals surface area contributed by atoms with Crippen molar-refractivity contribution in [2.45, 2.75) is 45.4 Å². The molecule has 0 aliphatic rings. The van der Waals surface area contributed by atoms with E-state index in [1.165, 1.54) is 6.92 Å². The maximum absolute atomic E-state index is 11.6. The molecule has 1 aromatic rings. The first-order valence-electron chi connectivity index (χ1n) is 7.58. The number of carboxylic acids is 1. The van der Waals surface area contributed by atoms with E-state index in [0.717, 1.165) is 32.1 Å². The van der Waals surface area contributed by atoms with Gasteiger partial charge in [0.15, 0.2) is 5.78 Å². The summed E-state index contributed by atoms with van der Waals surface area (Å²) >= 11 is 0. The first kappa shape index (κ1) is 18.0. The van der Waals surface area contributed by atoms with Crippen LogP contribution in [0.15, 0.2) is 18.2 Å². The van der Waals surface area contributed by atoms with E-state index in [9.17, 15) is 9.59 Å². The standard InChI is InChI=1S/C17H24O5/c1-13(18)15-10-9-14(21-2)12-16(15)22-11-7-5-3-4-6-8-17(19)20/h9-10,12H,3-8,11H2,1-2H3,(H,19,20). The summed E-state index contributed by atoms with van der Waals surface area (Å²) in [5.74, 6) is 0.441. The molecule has 1 N–H and O–H groups in total. The molecule has 0 radical (unpaired) electrons. The molecule has 0 unspecified atom stereocenters. The number of carboxylic acid groups (broad SMARTS) is 1. The van der Waals surface area contributed by atoms with E-state index in [2.05, 4.69) is 0 Å². The average Bonchev–Trinajstić information content (AvgIpc) is 2.49. The Hall–Kier alpha value is -2.04. The van der Waals surface area contributed by atoms with Crippen molar-refractivity contribution in [3.63, 3.8) is 0 Å². The lowest BCUT2D eigenvalue weighted by atomic mass is 10.1. The number of Topliss-reactive ketones (excluding diaryl/α,β-unsaturated/α-hetero) is 1. The summed E-state index contributed by atoms with van der Waals surface area (Å²) in [4.78, 5) is 21.9. The molecule has 0 aromatic heterocycles. The van der Waals surface area contributed by atoms with E-state index in [0.29, 0.717) is 23.7 Å². The molecule has 5 heteroatoms. The zero-order valence-electron chi connectivity index (χ0n) is 13.3. The van der Waals surface area contributed by atoms with Gasteiger partial charge < -0.3 is 14.6 Å². The minimum Gasteiger partial charge on any atom is -0.497 e. The second-order valence-corrected chi connectivity index (χ2v) is 5.18. The van der Waals surface area contributed by atoms with Crippen molar-refractivity contribution in [2.24, 2.45) is 0 Å². The summed E-state index contributed by atoms with van der Waals surface area (Å²) in [5, 5.41) is 8.54. The Labute approximate surface area is 131 Å². The molecule has 0 aliphatic heterocycles. The normalized spacial score (nSPS) is 10.3. The predicted octanol–water partition coefficient (Wildman–Crippen LogP) is 3.70. The van der Waals surface area contributed by atoms with Gasteiger partial charge in [-0.2, -0.15) is 0 Å². The molecule has 0 spiro atoms. The zero-order chi connectivity index (χ0) is 16.4. The number of aliphatic carboxylic acids is 1. The summed E-state index contributed by atoms with van der Waals surface area (Å²) in [5.41, 5.74) is 0.558. The van der Waals surface area contributed by atoms with Crippen molar-refractivity contribution in [3.05, 3.63) is 23.8 Å². The Bertz CT molecular complexity index is 496. The van der Waals surface area contributed by atoms with E-state index >= 15 is 0 Å². The average molecular weight is 308 g/mol. The van der Waals surface area contributed by atoms with Gasteiger partial charge in [-0.05, 0) is 31.9 Å². The molecule has 0 bridgehead atoms. The number of hydrogen-bond acceptors (Lipinski definition) is 4. The van der Waals surface area contributed by atoms with Gasteiger partial charge in [0.05, 0.1) is 19.3 Å². The van der Waals surface area contributed by atoms with Crippen LogP contribution in [0, 0.1) is 0 Å². The molecule has 0 aliphatic carbocycles. The fraction of sp³-hybridized carbons (Fsp3) is 0.529. The molecule has 0 atom stereocenters. The van der Waals surface area contributed by atoms with Crippen LogP contribution in [-0.4, -0.2) is 30.6 Å². The zero-order valence-corrected chi connectivity index (χ0v) is 13.3. The van der Waals surface area contributed by atoms with Gasteiger partial charge in [-0.3, -0.25) is 9.59 Å². The summed E-state index contributed by atoms with van der Waals surface area (Å²) in [6, 6.07) is 5.18. The second-order valence-electron chi connectivity index (χ2n) is 5.18. The van der Waals surface area contributed by atoms with Crippen LogP contribution in [0.5, 0.6) is 11.5 Å². The molecule has 5 nitrogen and oxygen atoms in total. The van der Waals surface area contributed by atoms with Crippen molar-refractivity contribution in [1.29, 1.82) is 0 Å². The fourth-order valence-corrected chi connectivity index (χ4v) is 2.13. The number of rotatable bonds is 11. The Morgan fingerprint density at radius 3 is 2.41 bits per heavy atom. The number of ketones is 1. The number of carbonyl (C=O) groups excluding carboxylic acids is 1. The third kappa shape index (κ3) is 6.61. The van der Waals surface area contributed by atoms with E-state index < -0.39 is 5.97 Å². The first-order valence-corrected chi connectivity index (χ1v) is 7.58. The monoisotopic (exact) mass is 308 g/mol. The molecule has 1 aromatic carbocycles. The molecule has 0 saturated heterocycles. The summed E-state index contributed by atoms with van der Waals surface area (Å²) < 4.78 is 10.8. The van der Waals surface area contributed by atoms with Crippen LogP contribution in [0.25, 0.3) is 0 Å². The molecule has 1 rings (SSSR count). The minimum atomic E-state index is -0.738. The fourth-order valence-electron chi connectivity index (χ4n) is 2.13. The first-order chi connectivity index (χ1) is 10.5. The van der Waals surface area contributed by atoms with Gasteiger partial charge in [0.25, 0.3) is 0 Å². The highest BCUT2D eigenvalue weighted by Crippen LogP contribution is 2.25. The number of hydrogen-bond donors (Lipinski definition) is 1. The molecule has 0 saturated carbocycles. The van der Waals surface area contributed by atoms with E-state index in [1.807, 2.05) is 0 Å². The van der Waals surface area contributed by atoms with Gasteiger partial charge in [-0.25, -0.2) is 0 Å². The Balaban J connectivity index is 2.32. The van der Waals surface area contributed by atoms with Crippen molar-refractivity contribution in [1.82, 2.24) is 0 Å². The molecule has 22 heavy (non-hydrogen) atoms. The van der Waals surface area contributed by atoms with Crippen LogP contribution in [0.4, 0.5) is 0 Å². The number of unbranched alkanes of at least 4 members (excludes halogenated alkanes) is 4. The van der Waals surface area contributed by atoms with Crippen molar-refractivity contribution >= 4 is 11.8 Å². The van der Waals surface area contributed by atoms with Gasteiger partial charge in [0, 0.05) is 12.5 Å². The van der Waals surface area contributed by atoms with E-state index in [4.69, 9.17) is 14.6 Å². The number of benzene rings is 1. The SMILES string of the molecule is COc1ccc(C(C)=O)c(OCCCCCCCC(=O)O)c1. The van der Waals surface area contributed by atoms with E-state index in [1.54, 1.807) is 25.3 Å². The number of carbonyl (C=O) groups is 2. The number of methoxy groups -OCH3 is 1. The molecular formula is C17H24O5. The Kier molecular flexibility index (Phi) is 8.04. The molecule has 0 amide bonds. The molecular weight excluding hydrogens is 284 g/mol. The number of ether oxygens (including phenoxy) is 2. The summed E-state index contributed by atoms with van der Waals surface area (Å²) in [6.07, 6.45) is 4.74. The van der Waals surface area contributed by atoms with Crippen LogP contribution in [0.1, 0.15) is 55.8 Å². The van der Waals surface area contributed by atoms with Crippen LogP contribution in [0.3, 0.4) is 0 Å². The van der Waals surface area contributed by atoms with Crippen molar-refractivity contribution in [3.8, 4) is 11.5 Å². The maximum Gasteiger partial charge on any atom is 0.303 e. The quantitative estimate of drug-likeness (QED) is 0.498. The summed E-state index contributed by atoms with van der Waals surface area (Å²) in [6.45, 7) is 2.05. The smallest absolute Gasteiger partial charge is 0.303 e. The Morgan fingerprint density at radius 2 is 1.77 bits per heavy atom. The van der Waals surface area contributed by atoms with Gasteiger partial charge in [0.1, 0.15) is 11.5 Å². The third-order valence-electron chi connectivity index (χ3n) is 3.36. The molecule has 122 valence electrons. The van der Waals surface area contributed by atoms with Gasteiger partial charge >= 0.3 is 5.97 Å². The van der Waals surface area contributed by atoms with Crippen molar-refractivity contribution in [2.75, 3.05) is 13.7 Å². The van der Waals surface area contributed by atoms with Gasteiger partial charge in [0.2, 0.25) is 0 Å². The highest BCUT2D eigenvalue weighted by Gasteiger charge is 2.09. The lowest BCUT2D eigenvalue weighted by Crippen LogP contribution is -2.03. The highest BCUT2D eigenvalue weighted by molar-refractivity contribution is 5.97. The van der Waals surface area contributed by atoms with Crippen LogP contribution in [0.2, 0.25) is 0 Å². The van der Waals surface area contributed by atoms with Crippen LogP contribution < -0.4 is 9.47 Å². The van der Waals surface area contributed by atoms with Crippen LogP contribution in [-0.2, 0) is 4.79 Å². The predicted molar refractivity (Wildman–Crippen MR) is 83.8 cm³/mol. The largest absolute Gasteiger partial charge is 0.497 e.